The molecule has 1 fully saturated rings. The Hall–Kier alpha value is -4.66. The number of hydrogen-bond donors (Lipinski definition) is 2. The van der Waals surface area contributed by atoms with Gasteiger partial charge in [0.1, 0.15) is 12.2 Å². The van der Waals surface area contributed by atoms with Gasteiger partial charge in [-0.25, -0.2) is 14.5 Å². The number of anilines is 1. The van der Waals surface area contributed by atoms with Crippen LogP contribution >= 0.6 is 0 Å². The van der Waals surface area contributed by atoms with Crippen LogP contribution in [0.1, 0.15) is 38.4 Å². The zero-order valence-electron chi connectivity index (χ0n) is 21.3. The van der Waals surface area contributed by atoms with Crippen LogP contribution in [0.2, 0.25) is 0 Å². The molecule has 0 spiro atoms. The predicted octanol–water partition coefficient (Wildman–Crippen LogP) is 4.03. The SMILES string of the molecule is COC(=O)c1ccc(-n2c(C)cc(/C=C3/NC(=O)N(CC(=O)Nc4cccc(C)c4)C3=O)c2C)c(C)c1. The van der Waals surface area contributed by atoms with Crippen LogP contribution in [0.5, 0.6) is 0 Å². The number of amides is 4. The molecule has 4 rings (SSSR count). The van der Waals surface area contributed by atoms with E-state index in [0.29, 0.717) is 11.3 Å². The van der Waals surface area contributed by atoms with E-state index in [4.69, 9.17) is 4.74 Å². The Balaban J connectivity index is 1.55. The first-order chi connectivity index (χ1) is 17.6. The maximum absolute atomic E-state index is 13.0. The lowest BCUT2D eigenvalue weighted by atomic mass is 10.1. The van der Waals surface area contributed by atoms with Crippen molar-refractivity contribution in [2.24, 2.45) is 0 Å². The first-order valence-electron chi connectivity index (χ1n) is 11.7. The molecule has 2 N–H and O–H groups in total. The van der Waals surface area contributed by atoms with Gasteiger partial charge in [-0.05, 0) is 86.9 Å². The fraction of sp³-hybridized carbons (Fsp3) is 0.214. The van der Waals surface area contributed by atoms with Gasteiger partial charge in [0.15, 0.2) is 0 Å². The van der Waals surface area contributed by atoms with E-state index in [0.717, 1.165) is 38.7 Å². The number of esters is 1. The number of urea groups is 1. The summed E-state index contributed by atoms with van der Waals surface area (Å²) in [5.41, 5.74) is 6.36. The minimum absolute atomic E-state index is 0.0892. The molecule has 4 amide bonds. The second-order valence-electron chi connectivity index (χ2n) is 8.95. The number of ether oxygens (including phenoxy) is 1. The third-order valence-electron chi connectivity index (χ3n) is 6.19. The summed E-state index contributed by atoms with van der Waals surface area (Å²) in [6, 6.07) is 13.8. The fourth-order valence-corrected chi connectivity index (χ4v) is 4.39. The summed E-state index contributed by atoms with van der Waals surface area (Å²) in [5, 5.41) is 5.28. The molecule has 1 aliphatic rings. The molecule has 1 aromatic heterocycles. The first-order valence-corrected chi connectivity index (χ1v) is 11.7. The van der Waals surface area contributed by atoms with Crippen molar-refractivity contribution in [1.29, 1.82) is 0 Å². The van der Waals surface area contributed by atoms with Crippen molar-refractivity contribution in [2.75, 3.05) is 19.0 Å². The molecule has 37 heavy (non-hydrogen) atoms. The summed E-state index contributed by atoms with van der Waals surface area (Å²) in [6.07, 6.45) is 1.61. The molecule has 2 heterocycles. The van der Waals surface area contributed by atoms with Crippen molar-refractivity contribution >= 4 is 35.6 Å². The molecule has 9 nitrogen and oxygen atoms in total. The highest BCUT2D eigenvalue weighted by atomic mass is 16.5. The predicted molar refractivity (Wildman–Crippen MR) is 139 cm³/mol. The van der Waals surface area contributed by atoms with Crippen LogP contribution < -0.4 is 10.6 Å². The molecule has 0 saturated carbocycles. The van der Waals surface area contributed by atoms with Gasteiger partial charge in [0.25, 0.3) is 5.91 Å². The lowest BCUT2D eigenvalue weighted by Crippen LogP contribution is -2.38. The van der Waals surface area contributed by atoms with Crippen LogP contribution in [-0.2, 0) is 14.3 Å². The molecule has 0 aliphatic carbocycles. The summed E-state index contributed by atoms with van der Waals surface area (Å²) in [6.45, 7) is 7.24. The number of aromatic nitrogens is 1. The van der Waals surface area contributed by atoms with E-state index < -0.39 is 30.4 Å². The molecule has 0 radical (unpaired) electrons. The van der Waals surface area contributed by atoms with E-state index in [1.165, 1.54) is 7.11 Å². The van der Waals surface area contributed by atoms with Crippen LogP contribution in [0.3, 0.4) is 0 Å². The van der Waals surface area contributed by atoms with Gasteiger partial charge in [-0.1, -0.05) is 12.1 Å². The Kier molecular flexibility index (Phi) is 6.97. The van der Waals surface area contributed by atoms with Crippen LogP contribution in [0.4, 0.5) is 10.5 Å². The Morgan fingerprint density at radius 3 is 2.46 bits per heavy atom. The number of methoxy groups -OCH3 is 1. The summed E-state index contributed by atoms with van der Waals surface area (Å²) >= 11 is 0. The van der Waals surface area contributed by atoms with Gasteiger partial charge in [0.05, 0.1) is 12.7 Å². The topological polar surface area (TPSA) is 110 Å². The summed E-state index contributed by atoms with van der Waals surface area (Å²) in [4.78, 5) is 50.7. The van der Waals surface area contributed by atoms with E-state index in [1.54, 1.807) is 30.3 Å². The van der Waals surface area contributed by atoms with Gasteiger partial charge in [-0.3, -0.25) is 9.59 Å². The minimum atomic E-state index is -0.654. The quantitative estimate of drug-likeness (QED) is 0.302. The number of benzene rings is 2. The third kappa shape index (κ3) is 5.16. The molecular weight excluding hydrogens is 472 g/mol. The van der Waals surface area contributed by atoms with Crippen molar-refractivity contribution in [3.05, 3.63) is 87.9 Å². The van der Waals surface area contributed by atoms with Gasteiger partial charge in [-0.2, -0.15) is 0 Å². The molecule has 190 valence electrons. The molecule has 3 aromatic rings. The highest BCUT2D eigenvalue weighted by Crippen LogP contribution is 2.26. The van der Waals surface area contributed by atoms with Gasteiger partial charge in [0.2, 0.25) is 5.91 Å². The van der Waals surface area contributed by atoms with Crippen LogP contribution in [0.25, 0.3) is 11.8 Å². The highest BCUT2D eigenvalue weighted by molar-refractivity contribution is 6.16. The number of rotatable bonds is 6. The van der Waals surface area contributed by atoms with Crippen molar-refractivity contribution in [3.8, 4) is 5.69 Å². The van der Waals surface area contributed by atoms with Crippen molar-refractivity contribution < 1.29 is 23.9 Å². The molecule has 2 aromatic carbocycles. The summed E-state index contributed by atoms with van der Waals surface area (Å²) < 4.78 is 6.81. The van der Waals surface area contributed by atoms with E-state index in [1.807, 2.05) is 56.5 Å². The maximum Gasteiger partial charge on any atom is 0.337 e. The Morgan fingerprint density at radius 1 is 1.03 bits per heavy atom. The van der Waals surface area contributed by atoms with Gasteiger partial charge >= 0.3 is 12.0 Å². The Labute approximate surface area is 214 Å². The molecule has 0 unspecified atom stereocenters. The average molecular weight is 501 g/mol. The monoisotopic (exact) mass is 500 g/mol. The fourth-order valence-electron chi connectivity index (χ4n) is 4.39. The number of carbonyl (C=O) groups is 4. The van der Waals surface area contributed by atoms with Gasteiger partial charge < -0.3 is 19.9 Å². The molecule has 1 aliphatic heterocycles. The minimum Gasteiger partial charge on any atom is -0.465 e. The number of carbonyl (C=O) groups excluding carboxylic acids is 4. The molecular formula is C28H28N4O5. The molecule has 9 heteroatoms. The first kappa shape index (κ1) is 25.4. The van der Waals surface area contributed by atoms with Gasteiger partial charge in [0, 0.05) is 22.8 Å². The lowest BCUT2D eigenvalue weighted by Gasteiger charge is -2.14. The third-order valence-corrected chi connectivity index (χ3v) is 6.19. The zero-order valence-corrected chi connectivity index (χ0v) is 21.3. The molecule has 0 bridgehead atoms. The standard InChI is InChI=1S/C28H28N4O5/c1-16-7-6-8-22(11-16)29-25(33)15-31-26(34)23(30-28(31)36)14-21-13-18(3)32(19(21)4)24-10-9-20(12-17(24)2)27(35)37-5/h6-14H,15H2,1-5H3,(H,29,33)(H,30,36)/b23-14+. The smallest absolute Gasteiger partial charge is 0.337 e. The van der Waals surface area contributed by atoms with E-state index in [9.17, 15) is 19.2 Å². The maximum atomic E-state index is 13.0. The number of nitrogens with one attached hydrogen (secondary N) is 2. The summed E-state index contributed by atoms with van der Waals surface area (Å²) in [5.74, 6) is -1.46. The molecule has 0 atom stereocenters. The van der Waals surface area contributed by atoms with Crippen molar-refractivity contribution in [1.82, 2.24) is 14.8 Å². The zero-order chi connectivity index (χ0) is 26.9. The second-order valence-corrected chi connectivity index (χ2v) is 8.95. The highest BCUT2D eigenvalue weighted by Gasteiger charge is 2.35. The van der Waals surface area contributed by atoms with E-state index >= 15 is 0 Å². The Morgan fingerprint density at radius 2 is 1.78 bits per heavy atom. The normalized spacial score (nSPS) is 14.2. The number of imide groups is 1. The second kappa shape index (κ2) is 10.1. The Bertz CT molecular complexity index is 1470. The van der Waals surface area contributed by atoms with E-state index in [2.05, 4.69) is 10.6 Å². The van der Waals surface area contributed by atoms with Crippen molar-refractivity contribution in [3.63, 3.8) is 0 Å². The number of hydrogen-bond acceptors (Lipinski definition) is 5. The van der Waals surface area contributed by atoms with E-state index in [-0.39, 0.29) is 5.70 Å². The largest absolute Gasteiger partial charge is 0.465 e. The number of aryl methyl sites for hydroxylation is 3. The average Bonchev–Trinajstić information content (AvgIpc) is 3.27. The molecule has 1 saturated heterocycles. The van der Waals surface area contributed by atoms with Crippen molar-refractivity contribution in [2.45, 2.75) is 27.7 Å². The van der Waals surface area contributed by atoms with Gasteiger partial charge in [-0.15, -0.1) is 0 Å². The number of nitrogens with zero attached hydrogens (tertiary/aromatic N) is 2. The van der Waals surface area contributed by atoms with Crippen LogP contribution in [0.15, 0.2) is 54.2 Å². The summed E-state index contributed by atoms with van der Waals surface area (Å²) in [7, 11) is 1.34. The van der Waals surface area contributed by atoms with Crippen LogP contribution in [0, 0.1) is 27.7 Å². The lowest BCUT2D eigenvalue weighted by molar-refractivity contribution is -0.127. The van der Waals surface area contributed by atoms with Crippen LogP contribution in [-0.4, -0.2) is 46.9 Å².